The lowest BCUT2D eigenvalue weighted by Gasteiger charge is -2.34. The summed E-state index contributed by atoms with van der Waals surface area (Å²) in [5, 5.41) is 2.62. The quantitative estimate of drug-likeness (QED) is 0.837. The zero-order valence-electron chi connectivity index (χ0n) is 11.9. The Balaban J connectivity index is 2.60. The predicted molar refractivity (Wildman–Crippen MR) is 73.2 cm³/mol. The summed E-state index contributed by atoms with van der Waals surface area (Å²) >= 11 is 0. The van der Waals surface area contributed by atoms with Crippen LogP contribution in [0.5, 0.6) is 0 Å². The minimum Gasteiger partial charge on any atom is -0.344 e. The largest absolute Gasteiger partial charge is 0.344 e. The minimum atomic E-state index is -0.583. The van der Waals surface area contributed by atoms with Crippen molar-refractivity contribution in [2.24, 2.45) is 0 Å². The van der Waals surface area contributed by atoms with Crippen LogP contribution < -0.4 is 5.32 Å². The monoisotopic (exact) mass is 263 g/mol. The van der Waals surface area contributed by atoms with Crippen molar-refractivity contribution in [3.63, 3.8) is 0 Å². The number of rotatable bonds is 3. The van der Waals surface area contributed by atoms with Crippen LogP contribution in [0.2, 0.25) is 0 Å². The highest BCUT2D eigenvalue weighted by atomic mass is 16.2. The number of nitrogens with one attached hydrogen (secondary N) is 1. The number of nitrogens with zero attached hydrogens (tertiary/aromatic N) is 2. The van der Waals surface area contributed by atoms with Gasteiger partial charge in [0.1, 0.15) is 0 Å². The molecule has 1 aromatic rings. The average Bonchev–Trinajstić information content (AvgIpc) is 2.36. The van der Waals surface area contributed by atoms with E-state index in [0.29, 0.717) is 13.1 Å². The number of aromatic nitrogens is 1. The molecule has 5 nitrogen and oxygen atoms in total. The van der Waals surface area contributed by atoms with Gasteiger partial charge in [0.15, 0.2) is 0 Å². The van der Waals surface area contributed by atoms with E-state index >= 15 is 0 Å². The van der Waals surface area contributed by atoms with E-state index in [0.717, 1.165) is 5.56 Å². The van der Waals surface area contributed by atoms with Gasteiger partial charge in [0.2, 0.25) is 0 Å². The fraction of sp³-hybridized carbons (Fsp3) is 0.500. The first-order chi connectivity index (χ1) is 8.86. The molecule has 2 amide bonds. The molecule has 1 N–H and O–H groups in total. The fourth-order valence-electron chi connectivity index (χ4n) is 1.81. The van der Waals surface area contributed by atoms with Gasteiger partial charge in [-0.25, -0.2) is 0 Å². The molecule has 1 rings (SSSR count). The van der Waals surface area contributed by atoms with E-state index in [1.165, 1.54) is 0 Å². The highest BCUT2D eigenvalue weighted by Crippen LogP contribution is 2.12. The van der Waals surface area contributed by atoms with E-state index in [4.69, 9.17) is 0 Å². The van der Waals surface area contributed by atoms with Gasteiger partial charge >= 0.3 is 11.8 Å². The van der Waals surface area contributed by atoms with E-state index < -0.39 is 11.8 Å². The summed E-state index contributed by atoms with van der Waals surface area (Å²) in [7, 11) is 0. The van der Waals surface area contributed by atoms with Crippen LogP contribution in [0.3, 0.4) is 0 Å². The lowest BCUT2D eigenvalue weighted by molar-refractivity contribution is -0.149. The van der Waals surface area contributed by atoms with Crippen molar-refractivity contribution in [2.75, 3.05) is 6.54 Å². The number of hydrogen-bond donors (Lipinski definition) is 1. The first-order valence-electron chi connectivity index (χ1n) is 6.35. The zero-order valence-corrected chi connectivity index (χ0v) is 11.9. The van der Waals surface area contributed by atoms with Gasteiger partial charge < -0.3 is 10.2 Å². The molecule has 0 atom stereocenters. The highest BCUT2D eigenvalue weighted by molar-refractivity contribution is 6.35. The highest BCUT2D eigenvalue weighted by Gasteiger charge is 2.29. The average molecular weight is 263 g/mol. The van der Waals surface area contributed by atoms with E-state index in [2.05, 4.69) is 10.3 Å². The SMILES string of the molecule is CCN(C(=O)C(=O)NCc1cccnc1)C(C)(C)C. The number of likely N-dealkylation sites (N-methyl/N-ethyl adjacent to an activating group) is 1. The molecule has 0 bridgehead atoms. The molecule has 1 heterocycles. The molecule has 0 aromatic carbocycles. The Labute approximate surface area is 114 Å². The maximum atomic E-state index is 12.0. The number of carbonyl (C=O) groups excluding carboxylic acids is 2. The Morgan fingerprint density at radius 1 is 1.37 bits per heavy atom. The van der Waals surface area contributed by atoms with Gasteiger partial charge in [0, 0.05) is 31.0 Å². The summed E-state index contributed by atoms with van der Waals surface area (Å²) in [6.07, 6.45) is 3.32. The van der Waals surface area contributed by atoms with E-state index in [1.54, 1.807) is 23.4 Å². The third kappa shape index (κ3) is 4.35. The first kappa shape index (κ1) is 15.1. The van der Waals surface area contributed by atoms with Gasteiger partial charge in [0.25, 0.3) is 0 Å². The first-order valence-corrected chi connectivity index (χ1v) is 6.35. The van der Waals surface area contributed by atoms with Crippen molar-refractivity contribution in [3.8, 4) is 0 Å². The summed E-state index contributed by atoms with van der Waals surface area (Å²) in [6.45, 7) is 8.38. The summed E-state index contributed by atoms with van der Waals surface area (Å²) in [5.41, 5.74) is 0.500. The minimum absolute atomic E-state index is 0.306. The Bertz CT molecular complexity index is 438. The third-order valence-electron chi connectivity index (χ3n) is 2.74. The molecule has 0 radical (unpaired) electrons. The van der Waals surface area contributed by atoms with Crippen LogP contribution in [0.25, 0.3) is 0 Å². The van der Waals surface area contributed by atoms with Crippen molar-refractivity contribution < 1.29 is 9.59 Å². The fourth-order valence-corrected chi connectivity index (χ4v) is 1.81. The summed E-state index contributed by atoms with van der Waals surface area (Å²) < 4.78 is 0. The molecule has 0 unspecified atom stereocenters. The van der Waals surface area contributed by atoms with Crippen molar-refractivity contribution in [1.29, 1.82) is 0 Å². The topological polar surface area (TPSA) is 62.3 Å². The molecule has 0 saturated carbocycles. The molecule has 0 saturated heterocycles. The van der Waals surface area contributed by atoms with Crippen molar-refractivity contribution in [3.05, 3.63) is 30.1 Å². The molecule has 0 fully saturated rings. The van der Waals surface area contributed by atoms with E-state index in [9.17, 15) is 9.59 Å². The molecule has 0 aliphatic heterocycles. The second kappa shape index (κ2) is 6.31. The van der Waals surface area contributed by atoms with Crippen molar-refractivity contribution in [2.45, 2.75) is 39.8 Å². The lowest BCUT2D eigenvalue weighted by atomic mass is 10.1. The number of carbonyl (C=O) groups is 2. The third-order valence-corrected chi connectivity index (χ3v) is 2.74. The second-order valence-electron chi connectivity index (χ2n) is 5.26. The molecule has 19 heavy (non-hydrogen) atoms. The molecule has 104 valence electrons. The normalized spacial score (nSPS) is 10.9. The molecule has 0 aliphatic carbocycles. The number of pyridine rings is 1. The maximum Gasteiger partial charge on any atom is 0.312 e. The van der Waals surface area contributed by atoms with Gasteiger partial charge in [-0.05, 0) is 39.3 Å². The molecule has 1 aromatic heterocycles. The van der Waals surface area contributed by atoms with Gasteiger partial charge in [-0.15, -0.1) is 0 Å². The molecule has 0 aliphatic rings. The maximum absolute atomic E-state index is 12.0. The zero-order chi connectivity index (χ0) is 14.5. The van der Waals surface area contributed by atoms with E-state index in [-0.39, 0.29) is 5.54 Å². The lowest BCUT2D eigenvalue weighted by Crippen LogP contribution is -2.51. The van der Waals surface area contributed by atoms with Crippen molar-refractivity contribution >= 4 is 11.8 Å². The predicted octanol–water partition coefficient (Wildman–Crippen LogP) is 1.34. The van der Waals surface area contributed by atoms with E-state index in [1.807, 2.05) is 33.8 Å². The summed E-state index contributed by atoms with van der Waals surface area (Å²) in [6, 6.07) is 3.63. The molecule has 0 spiro atoms. The van der Waals surface area contributed by atoms with Crippen LogP contribution in [0.15, 0.2) is 24.5 Å². The van der Waals surface area contributed by atoms with Gasteiger partial charge in [0.05, 0.1) is 0 Å². The van der Waals surface area contributed by atoms with Crippen LogP contribution in [-0.4, -0.2) is 33.8 Å². The van der Waals surface area contributed by atoms with Gasteiger partial charge in [-0.1, -0.05) is 6.07 Å². The summed E-state index contributed by atoms with van der Waals surface area (Å²) in [5.74, 6) is -1.08. The van der Waals surface area contributed by atoms with Gasteiger partial charge in [-0.3, -0.25) is 14.6 Å². The van der Waals surface area contributed by atoms with Gasteiger partial charge in [-0.2, -0.15) is 0 Å². The number of amides is 2. The Kier molecular flexibility index (Phi) is 5.03. The smallest absolute Gasteiger partial charge is 0.312 e. The standard InChI is InChI=1S/C14H21N3O2/c1-5-17(14(2,3)4)13(19)12(18)16-10-11-7-6-8-15-9-11/h6-9H,5,10H2,1-4H3,(H,16,18). The van der Waals surface area contributed by atoms with Crippen LogP contribution in [-0.2, 0) is 16.1 Å². The van der Waals surface area contributed by atoms with Crippen LogP contribution in [0.4, 0.5) is 0 Å². The van der Waals surface area contributed by atoms with Crippen LogP contribution in [0.1, 0.15) is 33.3 Å². The van der Waals surface area contributed by atoms with Crippen molar-refractivity contribution in [1.82, 2.24) is 15.2 Å². The molecular weight excluding hydrogens is 242 g/mol. The molecular formula is C14H21N3O2. The number of hydrogen-bond acceptors (Lipinski definition) is 3. The van der Waals surface area contributed by atoms with Crippen LogP contribution >= 0.6 is 0 Å². The second-order valence-corrected chi connectivity index (χ2v) is 5.26. The van der Waals surface area contributed by atoms with Crippen LogP contribution in [0, 0.1) is 0 Å². The Morgan fingerprint density at radius 3 is 2.53 bits per heavy atom. The molecule has 5 heteroatoms. The Morgan fingerprint density at radius 2 is 2.05 bits per heavy atom. The summed E-state index contributed by atoms with van der Waals surface area (Å²) in [4.78, 5) is 29.4. The Hall–Kier alpha value is -1.91.